The summed E-state index contributed by atoms with van der Waals surface area (Å²) in [4.78, 5) is 41.5. The summed E-state index contributed by atoms with van der Waals surface area (Å²) in [6.07, 6.45) is 11.6. The topological polar surface area (TPSA) is 319 Å². The zero-order valence-electron chi connectivity index (χ0n) is 44.7. The third-order valence-electron chi connectivity index (χ3n) is 14.9. The Morgan fingerprint density at radius 3 is 1.91 bits per heavy atom. The molecule has 2 heterocycles. The number of nitrogens with zero attached hydrogens (tertiary/aromatic N) is 2. The van der Waals surface area contributed by atoms with Crippen LogP contribution in [0.5, 0.6) is 0 Å². The number of unbranched alkanes of at least 4 members (excludes halogenated alkanes) is 3. The lowest BCUT2D eigenvalue weighted by molar-refractivity contribution is -0.438. The molecule has 0 spiro atoms. The largest absolute Gasteiger partial charge is 0.481 e. The molecule has 0 radical (unpaired) electrons. The van der Waals surface area contributed by atoms with E-state index < -0.39 is 96.6 Å². The van der Waals surface area contributed by atoms with Gasteiger partial charge in [-0.1, -0.05) is 70.9 Å². The predicted octanol–water partition coefficient (Wildman–Crippen LogP) is 7.96. The van der Waals surface area contributed by atoms with Gasteiger partial charge in [0.2, 0.25) is 17.5 Å². The molecule has 4 aromatic carbocycles. The lowest BCUT2D eigenvalue weighted by Crippen LogP contribution is -2.53. The molecule has 426 valence electrons. The van der Waals surface area contributed by atoms with Crippen molar-refractivity contribution in [1.29, 1.82) is 0 Å². The molecule has 0 saturated carbocycles. The monoisotopic (exact) mass is 1170 g/mol. The molecule has 0 bridgehead atoms. The summed E-state index contributed by atoms with van der Waals surface area (Å²) < 4.78 is 142. The summed E-state index contributed by atoms with van der Waals surface area (Å²) in [5.74, 6) is -3.42. The van der Waals surface area contributed by atoms with Crippen LogP contribution in [-0.4, -0.2) is 117 Å². The number of hydrogen-bond acceptors (Lipinski definition) is 12. The maximum absolute atomic E-state index is 14.9. The van der Waals surface area contributed by atoms with E-state index in [1.54, 1.807) is 30.4 Å². The lowest BCUT2D eigenvalue weighted by atomic mass is 9.70. The van der Waals surface area contributed by atoms with Crippen molar-refractivity contribution in [2.45, 2.75) is 125 Å². The van der Waals surface area contributed by atoms with Gasteiger partial charge in [0.25, 0.3) is 40.5 Å². The van der Waals surface area contributed by atoms with E-state index in [1.165, 1.54) is 24.3 Å². The Bertz CT molecular complexity index is 3800. The van der Waals surface area contributed by atoms with Gasteiger partial charge in [-0.2, -0.15) is 38.2 Å². The van der Waals surface area contributed by atoms with Crippen LogP contribution in [0.4, 0.5) is 11.4 Å². The number of fused-ring (bicyclic) bond motifs is 6. The Kier molecular flexibility index (Phi) is 17.5. The lowest BCUT2D eigenvalue weighted by Gasteiger charge is -2.35. The Balaban J connectivity index is 1.43. The molecule has 2 aliphatic heterocycles. The normalized spacial score (nSPS) is 19.4. The highest BCUT2D eigenvalue weighted by Crippen LogP contribution is 2.53. The van der Waals surface area contributed by atoms with Crippen molar-refractivity contribution in [3.8, 4) is 0 Å². The average molecular weight is 1170 g/mol. The van der Waals surface area contributed by atoms with Crippen LogP contribution in [0.15, 0.2) is 117 Å². The number of benzene rings is 4. The number of amides is 2. The van der Waals surface area contributed by atoms with E-state index in [2.05, 4.69) is 15.2 Å². The van der Waals surface area contributed by atoms with E-state index in [9.17, 15) is 71.4 Å². The first kappa shape index (κ1) is 60.5. The van der Waals surface area contributed by atoms with Crippen LogP contribution >= 0.6 is 0 Å². The minimum atomic E-state index is -4.91. The summed E-state index contributed by atoms with van der Waals surface area (Å²) in [5.41, 5.74) is 0.779. The van der Waals surface area contributed by atoms with Crippen LogP contribution in [0, 0.1) is 5.41 Å². The number of aliphatic carboxylic acids is 1. The van der Waals surface area contributed by atoms with E-state index in [0.717, 1.165) is 47.3 Å². The molecule has 0 saturated heterocycles. The standard InChI is InChI=1S/C55H66N4O16S4/c1-7-9-27-59-43-21-17-37-16-18-38(77(67,68)69)30-41(37)49(43)53(3,4)47(59)23-15-36-29-35(33-55(34-36,52(63)57-25-28-76(64,65)66)51(62)56-24-12-10-11-13-48(60)61)14-22-46-54(5,6)50-42-31-39(78(70,71)72)19-20-40(42)45(79(73,74)75)32-44(50)58(46)26-8-2/h14-23,29-32H,7-13,24-28,33-34H2,1-6H3,(H6-,56,57,60,61,62,63,64,65,66,67,68,69,70,71,72,73,74,75)/p+1. The first-order valence-corrected chi connectivity index (χ1v) is 31.8. The molecule has 3 aliphatic rings. The van der Waals surface area contributed by atoms with Crippen molar-refractivity contribution >= 4 is 96.9 Å². The van der Waals surface area contributed by atoms with Crippen LogP contribution in [0.25, 0.3) is 21.5 Å². The summed E-state index contributed by atoms with van der Waals surface area (Å²) in [6.45, 7) is 11.9. The van der Waals surface area contributed by atoms with Gasteiger partial charge in [-0.25, -0.2) is 0 Å². The van der Waals surface area contributed by atoms with Crippen molar-refractivity contribution in [2.75, 3.05) is 36.8 Å². The Labute approximate surface area is 461 Å². The Morgan fingerprint density at radius 2 is 1.30 bits per heavy atom. The molecule has 24 heteroatoms. The summed E-state index contributed by atoms with van der Waals surface area (Å²) in [5, 5.41) is 16.1. The molecule has 2 amide bonds. The molecule has 1 unspecified atom stereocenters. The SMILES string of the molecule is CCCC[N+]1=C(/C=C/C2=CC(=C/C=C3/N(CCC)c4cc(S(=O)(=O)O)c5ccc(S(=O)(=O)O)cc5c4C3(C)C)/CC(C(=O)NCCCCCC(=O)O)(C(=O)NCCS(=O)(=O)O)C2)C(C)(C)c2c1ccc1ccc(S(=O)(=O)O)cc21. The third-order valence-corrected chi connectivity index (χ3v) is 18.2. The zero-order valence-corrected chi connectivity index (χ0v) is 48.0. The van der Waals surface area contributed by atoms with E-state index in [1.807, 2.05) is 64.7 Å². The number of carbonyl (C=O) groups excluding carboxylic acids is 2. The molecule has 20 nitrogen and oxygen atoms in total. The van der Waals surface area contributed by atoms with Gasteiger partial charge in [0.05, 0.1) is 21.0 Å². The number of nitrogens with one attached hydrogen (secondary N) is 2. The molecular weight excluding hydrogens is 1100 g/mol. The van der Waals surface area contributed by atoms with Crippen LogP contribution in [-0.2, 0) is 65.7 Å². The second kappa shape index (κ2) is 22.8. The second-order valence-electron chi connectivity index (χ2n) is 21.3. The fourth-order valence-electron chi connectivity index (χ4n) is 11.3. The maximum atomic E-state index is 14.9. The maximum Gasteiger partial charge on any atom is 0.303 e. The molecule has 0 fully saturated rings. The van der Waals surface area contributed by atoms with Crippen molar-refractivity contribution in [3.05, 3.63) is 113 Å². The van der Waals surface area contributed by atoms with Gasteiger partial charge < -0.3 is 20.6 Å². The fourth-order valence-corrected chi connectivity index (χ4v) is 13.4. The van der Waals surface area contributed by atoms with Gasteiger partial charge in [0.1, 0.15) is 16.9 Å². The Morgan fingerprint density at radius 1 is 0.671 bits per heavy atom. The van der Waals surface area contributed by atoms with Crippen molar-refractivity contribution in [3.63, 3.8) is 0 Å². The zero-order chi connectivity index (χ0) is 58.3. The molecule has 1 atom stereocenters. The first-order chi connectivity index (χ1) is 36.8. The number of allylic oxidation sites excluding steroid dienone is 8. The van der Waals surface area contributed by atoms with E-state index >= 15 is 0 Å². The third kappa shape index (κ3) is 12.8. The highest BCUT2D eigenvalue weighted by atomic mass is 32.2. The summed E-state index contributed by atoms with van der Waals surface area (Å²) in [7, 11) is -18.8. The Hall–Kier alpha value is -6.12. The summed E-state index contributed by atoms with van der Waals surface area (Å²) >= 11 is 0. The molecule has 7 rings (SSSR count). The number of carboxylic acid groups (broad SMARTS) is 1. The van der Waals surface area contributed by atoms with Gasteiger partial charge >= 0.3 is 5.97 Å². The number of rotatable bonds is 22. The molecule has 1 aliphatic carbocycles. The van der Waals surface area contributed by atoms with Crippen LogP contribution in [0.1, 0.15) is 110 Å². The van der Waals surface area contributed by atoms with E-state index in [-0.39, 0.29) is 48.0 Å². The van der Waals surface area contributed by atoms with Crippen molar-refractivity contribution in [1.82, 2.24) is 10.6 Å². The predicted molar refractivity (Wildman–Crippen MR) is 299 cm³/mol. The van der Waals surface area contributed by atoms with Crippen LogP contribution in [0.3, 0.4) is 0 Å². The second-order valence-corrected chi connectivity index (χ2v) is 27.1. The average Bonchev–Trinajstić information content (AvgIpc) is 3.91. The highest BCUT2D eigenvalue weighted by molar-refractivity contribution is 7.86. The van der Waals surface area contributed by atoms with Gasteiger partial charge in [-0.05, 0) is 121 Å². The number of carboxylic acids is 1. The molecule has 4 aromatic rings. The first-order valence-electron chi connectivity index (χ1n) is 25.8. The summed E-state index contributed by atoms with van der Waals surface area (Å²) in [6, 6.07) is 12.9. The quantitative estimate of drug-likeness (QED) is 0.0170. The molecular formula is C55H67N4O16S4+. The highest BCUT2D eigenvalue weighted by Gasteiger charge is 2.50. The number of anilines is 1. The van der Waals surface area contributed by atoms with Crippen LogP contribution in [0.2, 0.25) is 0 Å². The molecule has 7 N–H and O–H groups in total. The smallest absolute Gasteiger partial charge is 0.303 e. The van der Waals surface area contributed by atoms with E-state index in [4.69, 9.17) is 0 Å². The molecule has 79 heavy (non-hydrogen) atoms. The van der Waals surface area contributed by atoms with E-state index in [0.29, 0.717) is 65.7 Å². The molecule has 0 aromatic heterocycles. The van der Waals surface area contributed by atoms with Crippen LogP contribution < -0.4 is 15.5 Å². The van der Waals surface area contributed by atoms with Gasteiger partial charge in [-0.3, -0.25) is 32.6 Å². The minimum Gasteiger partial charge on any atom is -0.481 e. The fraction of sp³-hybridized carbons (Fsp3) is 0.418. The minimum absolute atomic E-state index is 0.00202. The van der Waals surface area contributed by atoms with Gasteiger partial charge in [0, 0.05) is 72.4 Å². The van der Waals surface area contributed by atoms with Gasteiger partial charge in [-0.15, -0.1) is 0 Å². The van der Waals surface area contributed by atoms with Crippen molar-refractivity contribution < 1.29 is 75.9 Å². The number of carbonyl (C=O) groups is 3. The number of hydrogen-bond donors (Lipinski definition) is 7. The van der Waals surface area contributed by atoms with Crippen molar-refractivity contribution in [2.24, 2.45) is 5.41 Å². The van der Waals surface area contributed by atoms with Gasteiger partial charge in [0.15, 0.2) is 5.71 Å².